The van der Waals surface area contributed by atoms with Crippen molar-refractivity contribution in [1.29, 1.82) is 0 Å². The van der Waals surface area contributed by atoms with Crippen molar-refractivity contribution in [2.45, 2.75) is 51.2 Å². The summed E-state index contributed by atoms with van der Waals surface area (Å²) in [5.74, 6) is -2.51. The number of anilines is 1. The molecule has 0 saturated carbocycles. The molecule has 0 spiro atoms. The highest BCUT2D eigenvalue weighted by Gasteiger charge is 2.35. The van der Waals surface area contributed by atoms with Crippen LogP contribution in [-0.2, 0) is 19.5 Å². The monoisotopic (exact) mass is 400 g/mol. The summed E-state index contributed by atoms with van der Waals surface area (Å²) in [6, 6.07) is 10.8. The summed E-state index contributed by atoms with van der Waals surface area (Å²) in [5, 5.41) is 3.64. The molecule has 0 bridgehead atoms. The number of fused-ring (bicyclic) bond motifs is 1. The number of aromatic nitrogens is 1. The molecule has 0 amide bonds. The molecular formula is C23H30F2N4. The molecule has 4 rings (SSSR count). The van der Waals surface area contributed by atoms with E-state index in [0.29, 0.717) is 19.1 Å². The van der Waals surface area contributed by atoms with E-state index in [1.54, 1.807) is 0 Å². The van der Waals surface area contributed by atoms with E-state index in [0.717, 1.165) is 37.4 Å². The molecule has 3 heterocycles. The molecule has 0 radical (unpaired) electrons. The Morgan fingerprint density at radius 1 is 1.21 bits per heavy atom. The zero-order valence-electron chi connectivity index (χ0n) is 17.3. The van der Waals surface area contributed by atoms with Crippen LogP contribution < -0.4 is 10.2 Å². The van der Waals surface area contributed by atoms with Gasteiger partial charge < -0.3 is 10.2 Å². The van der Waals surface area contributed by atoms with Crippen LogP contribution in [0.25, 0.3) is 0 Å². The summed E-state index contributed by atoms with van der Waals surface area (Å²) < 4.78 is 27.2. The van der Waals surface area contributed by atoms with Crippen LogP contribution in [-0.4, -0.2) is 48.5 Å². The van der Waals surface area contributed by atoms with Crippen LogP contribution in [0.5, 0.6) is 0 Å². The predicted octanol–water partition coefficient (Wildman–Crippen LogP) is 3.77. The molecule has 6 heteroatoms. The van der Waals surface area contributed by atoms with E-state index in [1.165, 1.54) is 16.7 Å². The van der Waals surface area contributed by atoms with Crippen molar-refractivity contribution in [2.24, 2.45) is 0 Å². The highest BCUT2D eigenvalue weighted by atomic mass is 19.3. The van der Waals surface area contributed by atoms with Crippen LogP contribution in [0.1, 0.15) is 35.2 Å². The van der Waals surface area contributed by atoms with E-state index < -0.39 is 5.92 Å². The smallest absolute Gasteiger partial charge is 0.251 e. The van der Waals surface area contributed by atoms with Crippen molar-refractivity contribution in [2.75, 3.05) is 31.6 Å². The second-order valence-corrected chi connectivity index (χ2v) is 8.56. The third-order valence-electron chi connectivity index (χ3n) is 6.05. The highest BCUT2D eigenvalue weighted by Crippen LogP contribution is 2.34. The number of pyridine rings is 1. The summed E-state index contributed by atoms with van der Waals surface area (Å²) in [7, 11) is 2.12. The molecule has 2 aliphatic heterocycles. The molecule has 156 valence electrons. The molecule has 29 heavy (non-hydrogen) atoms. The molecule has 1 aromatic heterocycles. The number of rotatable bonds is 5. The van der Waals surface area contributed by atoms with Gasteiger partial charge in [-0.1, -0.05) is 18.2 Å². The fraction of sp³-hybridized carbons (Fsp3) is 0.522. The first-order chi connectivity index (χ1) is 13.9. The van der Waals surface area contributed by atoms with Gasteiger partial charge in [-0.05, 0) is 49.2 Å². The second-order valence-electron chi connectivity index (χ2n) is 8.56. The Labute approximate surface area is 171 Å². The zero-order chi connectivity index (χ0) is 20.4. The molecular weight excluding hydrogens is 370 g/mol. The number of halogens is 2. The number of benzene rings is 1. The lowest BCUT2D eigenvalue weighted by molar-refractivity contribution is -0.0220. The number of nitrogens with one attached hydrogen (secondary N) is 1. The quantitative estimate of drug-likeness (QED) is 0.828. The number of piperidine rings is 1. The van der Waals surface area contributed by atoms with Gasteiger partial charge >= 0.3 is 0 Å². The minimum absolute atomic E-state index is 0.0510. The van der Waals surface area contributed by atoms with E-state index in [2.05, 4.69) is 57.5 Å². The average Bonchev–Trinajstić information content (AvgIpc) is 2.69. The third-order valence-corrected chi connectivity index (χ3v) is 6.05. The molecule has 2 aromatic rings. The van der Waals surface area contributed by atoms with E-state index in [-0.39, 0.29) is 12.8 Å². The maximum atomic E-state index is 13.6. The summed E-state index contributed by atoms with van der Waals surface area (Å²) >= 11 is 0. The summed E-state index contributed by atoms with van der Waals surface area (Å²) in [5.41, 5.74) is 6.00. The second kappa shape index (κ2) is 8.36. The minimum atomic E-state index is -2.51. The summed E-state index contributed by atoms with van der Waals surface area (Å²) in [4.78, 5) is 8.95. The van der Waals surface area contributed by atoms with Gasteiger partial charge in [-0.25, -0.2) is 8.78 Å². The van der Waals surface area contributed by atoms with E-state index >= 15 is 0 Å². The molecule has 0 aliphatic carbocycles. The topological polar surface area (TPSA) is 31.4 Å². The number of hydrogen-bond donors (Lipinski definition) is 1. The van der Waals surface area contributed by atoms with Crippen LogP contribution in [0.15, 0.2) is 36.5 Å². The van der Waals surface area contributed by atoms with Gasteiger partial charge in [0, 0.05) is 63.5 Å². The Balaban J connectivity index is 1.41. The van der Waals surface area contributed by atoms with Crippen LogP contribution in [0.4, 0.5) is 14.5 Å². The van der Waals surface area contributed by atoms with Gasteiger partial charge in [0.25, 0.3) is 5.92 Å². The number of nitrogens with zero attached hydrogens (tertiary/aromatic N) is 3. The fourth-order valence-electron chi connectivity index (χ4n) is 4.40. The lowest BCUT2D eigenvalue weighted by atomic mass is 9.92. The first-order valence-corrected chi connectivity index (χ1v) is 10.5. The summed E-state index contributed by atoms with van der Waals surface area (Å²) in [6.07, 6.45) is 2.73. The maximum Gasteiger partial charge on any atom is 0.251 e. The van der Waals surface area contributed by atoms with Crippen LogP contribution in [0.3, 0.4) is 0 Å². The number of likely N-dealkylation sites (N-methyl/N-ethyl adjacent to an activating group) is 1. The zero-order valence-corrected chi connectivity index (χ0v) is 17.3. The van der Waals surface area contributed by atoms with Gasteiger partial charge in [0.05, 0.1) is 5.69 Å². The Kier molecular flexibility index (Phi) is 5.83. The highest BCUT2D eigenvalue weighted by molar-refractivity contribution is 5.58. The van der Waals surface area contributed by atoms with Gasteiger partial charge in [0.2, 0.25) is 0 Å². The van der Waals surface area contributed by atoms with Gasteiger partial charge in [0.1, 0.15) is 0 Å². The van der Waals surface area contributed by atoms with Crippen LogP contribution in [0.2, 0.25) is 0 Å². The fourth-order valence-corrected chi connectivity index (χ4v) is 4.40. The number of aryl methyl sites for hydroxylation is 1. The largest absolute Gasteiger partial charge is 0.371 e. The molecule has 1 atom stereocenters. The standard InChI is InChI=1S/C23H30F2N4/c1-17-6-7-19(26-13-17)15-28(2)16-20-12-21-18(14-27-20)4-3-5-22(21)29-10-8-23(24,25)9-11-29/h3-7,13,20,27H,8-12,14-16H2,1-2H3/t20-/m1/s1. The maximum absolute atomic E-state index is 13.6. The Morgan fingerprint density at radius 3 is 2.72 bits per heavy atom. The van der Waals surface area contributed by atoms with Crippen molar-refractivity contribution in [3.63, 3.8) is 0 Å². The molecule has 4 nitrogen and oxygen atoms in total. The molecule has 1 aromatic carbocycles. The number of hydrogen-bond acceptors (Lipinski definition) is 4. The lowest BCUT2D eigenvalue weighted by Crippen LogP contribution is -2.45. The van der Waals surface area contributed by atoms with Crippen LogP contribution in [0, 0.1) is 6.92 Å². The van der Waals surface area contributed by atoms with Crippen molar-refractivity contribution < 1.29 is 8.78 Å². The predicted molar refractivity (Wildman–Crippen MR) is 112 cm³/mol. The normalized spacial score (nSPS) is 21.3. The van der Waals surface area contributed by atoms with Crippen molar-refractivity contribution >= 4 is 5.69 Å². The third kappa shape index (κ3) is 4.93. The van der Waals surface area contributed by atoms with Gasteiger partial charge in [0.15, 0.2) is 0 Å². The van der Waals surface area contributed by atoms with E-state index in [1.807, 2.05) is 13.1 Å². The number of alkyl halides is 2. The Hall–Kier alpha value is -2.05. The van der Waals surface area contributed by atoms with Gasteiger partial charge in [-0.2, -0.15) is 0 Å². The molecule has 1 fully saturated rings. The van der Waals surface area contributed by atoms with Crippen molar-refractivity contribution in [1.82, 2.24) is 15.2 Å². The first kappa shape index (κ1) is 20.2. The minimum Gasteiger partial charge on any atom is -0.371 e. The van der Waals surface area contributed by atoms with Crippen LogP contribution >= 0.6 is 0 Å². The lowest BCUT2D eigenvalue weighted by Gasteiger charge is -2.37. The Bertz CT molecular complexity index is 827. The molecule has 2 aliphatic rings. The summed E-state index contributed by atoms with van der Waals surface area (Å²) in [6.45, 7) is 5.47. The van der Waals surface area contributed by atoms with Crippen molar-refractivity contribution in [3.05, 3.63) is 58.9 Å². The van der Waals surface area contributed by atoms with E-state index in [9.17, 15) is 8.78 Å². The van der Waals surface area contributed by atoms with Gasteiger partial charge in [-0.3, -0.25) is 9.88 Å². The van der Waals surface area contributed by atoms with Crippen molar-refractivity contribution in [3.8, 4) is 0 Å². The molecule has 0 unspecified atom stereocenters. The SMILES string of the molecule is Cc1ccc(CN(C)C[C@H]2Cc3c(cccc3N3CCC(F)(F)CC3)CN2)nc1. The average molecular weight is 401 g/mol. The molecule has 1 N–H and O–H groups in total. The first-order valence-electron chi connectivity index (χ1n) is 10.5. The Morgan fingerprint density at radius 2 is 2.00 bits per heavy atom. The van der Waals surface area contributed by atoms with E-state index in [4.69, 9.17) is 0 Å². The molecule has 1 saturated heterocycles. The van der Waals surface area contributed by atoms with Gasteiger partial charge in [-0.15, -0.1) is 0 Å².